The van der Waals surface area contributed by atoms with Crippen LogP contribution in [-0.2, 0) is 14.4 Å². The molecule has 1 amide bonds. The predicted molar refractivity (Wildman–Crippen MR) is 83.2 cm³/mol. The van der Waals surface area contributed by atoms with Gasteiger partial charge in [0.2, 0.25) is 5.91 Å². The van der Waals surface area contributed by atoms with Gasteiger partial charge < -0.3 is 20.8 Å². The lowest BCUT2D eigenvalue weighted by Gasteiger charge is -2.29. The fourth-order valence-corrected chi connectivity index (χ4v) is 2.59. The fourth-order valence-electron chi connectivity index (χ4n) is 2.59. The molecule has 1 fully saturated rings. The van der Waals surface area contributed by atoms with Crippen LogP contribution in [0.4, 0.5) is 0 Å². The number of carbonyl (C=O) groups is 3. The van der Waals surface area contributed by atoms with Crippen molar-refractivity contribution in [3.63, 3.8) is 0 Å². The second-order valence-electron chi connectivity index (χ2n) is 5.52. The Kier molecular flexibility index (Phi) is 8.52. The number of rotatable bonds is 7. The smallest absolute Gasteiger partial charge is 0.320 e. The van der Waals surface area contributed by atoms with Crippen LogP contribution < -0.4 is 10.6 Å². The van der Waals surface area contributed by atoms with Crippen molar-refractivity contribution in [1.29, 1.82) is 0 Å². The van der Waals surface area contributed by atoms with E-state index in [2.05, 4.69) is 10.6 Å². The van der Waals surface area contributed by atoms with Gasteiger partial charge in [0.25, 0.3) is 0 Å². The van der Waals surface area contributed by atoms with Gasteiger partial charge in [-0.25, -0.2) is 0 Å². The Morgan fingerprint density at radius 1 is 1.13 bits per heavy atom. The van der Waals surface area contributed by atoms with Gasteiger partial charge in [0.1, 0.15) is 6.04 Å². The van der Waals surface area contributed by atoms with Crippen LogP contribution in [0.15, 0.2) is 0 Å². The van der Waals surface area contributed by atoms with Crippen LogP contribution in [0.25, 0.3) is 0 Å². The second-order valence-corrected chi connectivity index (χ2v) is 5.52. The van der Waals surface area contributed by atoms with Crippen molar-refractivity contribution >= 4 is 17.8 Å². The lowest BCUT2D eigenvalue weighted by Crippen LogP contribution is -2.47. The SMILES string of the molecule is CNC(=O)CCC(C(=O)O)N1CCNCCN(CC(=O)O)CC1. The molecule has 1 rings (SSSR count). The Balaban J connectivity index is 2.68. The maximum atomic E-state index is 11.5. The zero-order valence-corrected chi connectivity index (χ0v) is 13.5. The summed E-state index contributed by atoms with van der Waals surface area (Å²) in [7, 11) is 1.52. The number of hydrogen-bond acceptors (Lipinski definition) is 6. The zero-order valence-electron chi connectivity index (χ0n) is 13.5. The van der Waals surface area contributed by atoms with E-state index < -0.39 is 18.0 Å². The van der Waals surface area contributed by atoms with Gasteiger partial charge in [-0.15, -0.1) is 0 Å². The Labute approximate surface area is 135 Å². The van der Waals surface area contributed by atoms with Gasteiger partial charge in [-0.1, -0.05) is 0 Å². The van der Waals surface area contributed by atoms with Crippen molar-refractivity contribution < 1.29 is 24.6 Å². The molecule has 1 heterocycles. The number of aliphatic carboxylic acids is 2. The minimum Gasteiger partial charge on any atom is -0.480 e. The number of carbonyl (C=O) groups excluding carboxylic acids is 1. The summed E-state index contributed by atoms with van der Waals surface area (Å²) in [4.78, 5) is 37.4. The van der Waals surface area contributed by atoms with E-state index in [0.29, 0.717) is 39.3 Å². The number of hydrogen-bond donors (Lipinski definition) is 4. The highest BCUT2D eigenvalue weighted by molar-refractivity contribution is 5.78. The van der Waals surface area contributed by atoms with E-state index in [9.17, 15) is 19.5 Å². The summed E-state index contributed by atoms with van der Waals surface area (Å²) < 4.78 is 0. The molecule has 0 radical (unpaired) electrons. The third-order valence-corrected chi connectivity index (χ3v) is 3.89. The van der Waals surface area contributed by atoms with Crippen LogP contribution in [0.1, 0.15) is 12.8 Å². The van der Waals surface area contributed by atoms with E-state index in [1.165, 1.54) is 7.05 Å². The molecule has 9 heteroatoms. The first-order valence-corrected chi connectivity index (χ1v) is 7.76. The minimum absolute atomic E-state index is 0.0640. The van der Waals surface area contributed by atoms with E-state index in [-0.39, 0.29) is 25.3 Å². The van der Waals surface area contributed by atoms with Gasteiger partial charge in [-0.05, 0) is 6.42 Å². The summed E-state index contributed by atoms with van der Waals surface area (Å²) in [5.74, 6) is -2.05. The second kappa shape index (κ2) is 10.1. The van der Waals surface area contributed by atoms with Crippen molar-refractivity contribution in [1.82, 2.24) is 20.4 Å². The molecule has 0 spiro atoms. The van der Waals surface area contributed by atoms with Crippen molar-refractivity contribution in [3.8, 4) is 0 Å². The standard InChI is InChI=1S/C14H26N4O5/c1-15-12(19)3-2-11(14(22)23)18-7-5-16-4-6-17(8-9-18)10-13(20)21/h11,16H,2-10H2,1H3,(H,15,19)(H,20,21)(H,22,23). The highest BCUT2D eigenvalue weighted by Crippen LogP contribution is 2.09. The van der Waals surface area contributed by atoms with Gasteiger partial charge in [0, 0.05) is 52.7 Å². The number of carboxylic acid groups (broad SMARTS) is 2. The van der Waals surface area contributed by atoms with Crippen molar-refractivity contribution in [3.05, 3.63) is 0 Å². The van der Waals surface area contributed by atoms with Gasteiger partial charge in [-0.3, -0.25) is 24.2 Å². The maximum absolute atomic E-state index is 11.5. The highest BCUT2D eigenvalue weighted by Gasteiger charge is 2.27. The molecule has 1 atom stereocenters. The van der Waals surface area contributed by atoms with Crippen molar-refractivity contribution in [2.75, 3.05) is 52.9 Å². The molecular formula is C14H26N4O5. The molecule has 0 aliphatic carbocycles. The van der Waals surface area contributed by atoms with Crippen LogP contribution in [0.5, 0.6) is 0 Å². The molecule has 132 valence electrons. The number of nitrogens with one attached hydrogen (secondary N) is 2. The molecule has 0 aromatic rings. The molecule has 23 heavy (non-hydrogen) atoms. The van der Waals surface area contributed by atoms with Crippen LogP contribution in [0.2, 0.25) is 0 Å². The molecule has 1 aliphatic rings. The van der Waals surface area contributed by atoms with Crippen LogP contribution in [-0.4, -0.2) is 96.8 Å². The van der Waals surface area contributed by atoms with Crippen LogP contribution in [0.3, 0.4) is 0 Å². The lowest BCUT2D eigenvalue weighted by atomic mass is 10.1. The first-order chi connectivity index (χ1) is 10.9. The number of nitrogens with zero attached hydrogens (tertiary/aromatic N) is 2. The molecule has 0 aromatic carbocycles. The average Bonchev–Trinajstić information content (AvgIpc) is 2.59. The van der Waals surface area contributed by atoms with Gasteiger partial charge in [-0.2, -0.15) is 0 Å². The summed E-state index contributed by atoms with van der Waals surface area (Å²) in [5.41, 5.74) is 0. The molecule has 1 saturated heterocycles. The van der Waals surface area contributed by atoms with Crippen LogP contribution >= 0.6 is 0 Å². The Hall–Kier alpha value is -1.71. The van der Waals surface area contributed by atoms with Crippen molar-refractivity contribution in [2.45, 2.75) is 18.9 Å². The van der Waals surface area contributed by atoms with Crippen molar-refractivity contribution in [2.24, 2.45) is 0 Å². The summed E-state index contributed by atoms with van der Waals surface area (Å²) >= 11 is 0. The summed E-state index contributed by atoms with van der Waals surface area (Å²) in [6.07, 6.45) is 0.379. The van der Waals surface area contributed by atoms with E-state index in [1.807, 2.05) is 0 Å². The Morgan fingerprint density at radius 2 is 1.83 bits per heavy atom. The monoisotopic (exact) mass is 330 g/mol. The molecule has 0 saturated carbocycles. The first kappa shape index (κ1) is 19.3. The quantitative estimate of drug-likeness (QED) is 0.434. The predicted octanol–water partition coefficient (Wildman–Crippen LogP) is -1.74. The highest BCUT2D eigenvalue weighted by atomic mass is 16.4. The van der Waals surface area contributed by atoms with Crippen LogP contribution in [0, 0.1) is 0 Å². The molecule has 0 bridgehead atoms. The minimum atomic E-state index is -0.960. The number of amides is 1. The molecule has 9 nitrogen and oxygen atoms in total. The molecular weight excluding hydrogens is 304 g/mol. The Bertz CT molecular complexity index is 418. The number of carboxylic acids is 2. The van der Waals surface area contributed by atoms with E-state index in [1.54, 1.807) is 9.80 Å². The molecule has 1 unspecified atom stereocenters. The van der Waals surface area contributed by atoms with E-state index in [4.69, 9.17) is 5.11 Å². The molecule has 0 aromatic heterocycles. The zero-order chi connectivity index (χ0) is 17.2. The summed E-state index contributed by atoms with van der Waals surface area (Å²) in [5, 5.41) is 24.0. The maximum Gasteiger partial charge on any atom is 0.320 e. The topological polar surface area (TPSA) is 122 Å². The van der Waals surface area contributed by atoms with E-state index >= 15 is 0 Å². The molecule has 4 N–H and O–H groups in total. The van der Waals surface area contributed by atoms with Gasteiger partial charge >= 0.3 is 11.9 Å². The average molecular weight is 330 g/mol. The van der Waals surface area contributed by atoms with E-state index in [0.717, 1.165) is 0 Å². The summed E-state index contributed by atoms with van der Waals surface area (Å²) in [6, 6.07) is -0.751. The fraction of sp³-hybridized carbons (Fsp3) is 0.786. The largest absolute Gasteiger partial charge is 0.480 e. The Morgan fingerprint density at radius 3 is 2.43 bits per heavy atom. The lowest BCUT2D eigenvalue weighted by molar-refractivity contribution is -0.144. The van der Waals surface area contributed by atoms with Gasteiger partial charge in [0.15, 0.2) is 0 Å². The normalized spacial score (nSPS) is 19.2. The summed E-state index contributed by atoms with van der Waals surface area (Å²) in [6.45, 7) is 3.33. The third kappa shape index (κ3) is 7.40. The third-order valence-electron chi connectivity index (χ3n) is 3.89. The molecule has 1 aliphatic heterocycles. The first-order valence-electron chi connectivity index (χ1n) is 7.76. The van der Waals surface area contributed by atoms with Gasteiger partial charge in [0.05, 0.1) is 6.54 Å².